The lowest BCUT2D eigenvalue weighted by Crippen LogP contribution is -2.34. The number of rotatable bonds is 36. The first-order valence-electron chi connectivity index (χ1n) is 18.6. The number of ether oxygens (including phenoxy) is 11. The third-order valence-corrected chi connectivity index (χ3v) is 7.67. The van der Waals surface area contributed by atoms with Crippen LogP contribution in [-0.2, 0) is 57.7 Å². The van der Waals surface area contributed by atoms with Crippen LogP contribution in [0.15, 0.2) is 104 Å². The molecule has 0 aliphatic heterocycles. The van der Waals surface area contributed by atoms with Crippen LogP contribution < -0.4 is 0 Å². The van der Waals surface area contributed by atoms with Gasteiger partial charge in [-0.15, -0.1) is 6.58 Å². The smallest absolute Gasteiger partial charge is 0.143 e. The van der Waals surface area contributed by atoms with Crippen molar-refractivity contribution in [2.24, 2.45) is 0 Å². The molecule has 0 heterocycles. The van der Waals surface area contributed by atoms with E-state index < -0.39 is 5.60 Å². The van der Waals surface area contributed by atoms with Gasteiger partial charge in [0.2, 0.25) is 0 Å². The molecule has 0 fully saturated rings. The Balaban J connectivity index is 1.07. The van der Waals surface area contributed by atoms with Crippen LogP contribution in [0.4, 0.5) is 0 Å². The fourth-order valence-electron chi connectivity index (χ4n) is 5.17. The van der Waals surface area contributed by atoms with Crippen LogP contribution in [0.5, 0.6) is 0 Å². The van der Waals surface area contributed by atoms with E-state index in [1.165, 1.54) is 0 Å². The monoisotopic (exact) mass is 740 g/mol. The SMILES string of the molecule is C=CCOCCOCCOCCOCCOCCOCCOCCOCCOCCOCCOC(c1ccccc1)(c1ccccc1)c1ccccc1. The van der Waals surface area contributed by atoms with Crippen LogP contribution in [0.3, 0.4) is 0 Å². The van der Waals surface area contributed by atoms with Crippen LogP contribution in [0.2, 0.25) is 0 Å². The summed E-state index contributed by atoms with van der Waals surface area (Å²) in [6.45, 7) is 14.2. The van der Waals surface area contributed by atoms with E-state index in [-0.39, 0.29) is 0 Å². The molecule has 0 atom stereocenters. The zero-order valence-corrected chi connectivity index (χ0v) is 31.3. The van der Waals surface area contributed by atoms with Crippen molar-refractivity contribution in [1.82, 2.24) is 0 Å². The average Bonchev–Trinajstić information content (AvgIpc) is 3.21. The van der Waals surface area contributed by atoms with Crippen molar-refractivity contribution in [2.45, 2.75) is 5.60 Å². The largest absolute Gasteiger partial charge is 0.377 e. The Hall–Kier alpha value is -3.04. The van der Waals surface area contributed by atoms with Crippen molar-refractivity contribution in [3.8, 4) is 0 Å². The van der Waals surface area contributed by atoms with E-state index in [2.05, 4.69) is 43.0 Å². The van der Waals surface area contributed by atoms with E-state index in [9.17, 15) is 0 Å². The van der Waals surface area contributed by atoms with Gasteiger partial charge < -0.3 is 52.1 Å². The van der Waals surface area contributed by atoms with E-state index in [0.717, 1.165) is 16.7 Å². The second-order valence-corrected chi connectivity index (χ2v) is 11.5. The van der Waals surface area contributed by atoms with Crippen molar-refractivity contribution in [1.29, 1.82) is 0 Å². The Bertz CT molecular complexity index is 1140. The molecule has 0 amide bonds. The maximum atomic E-state index is 6.73. The van der Waals surface area contributed by atoms with Gasteiger partial charge in [0.1, 0.15) is 5.60 Å². The number of benzene rings is 3. The Morgan fingerprint density at radius 1 is 0.321 bits per heavy atom. The van der Waals surface area contributed by atoms with Crippen molar-refractivity contribution in [3.05, 3.63) is 120 Å². The molecule has 0 aliphatic rings. The third-order valence-electron chi connectivity index (χ3n) is 7.67. The van der Waals surface area contributed by atoms with Gasteiger partial charge in [-0.1, -0.05) is 97.1 Å². The molecule has 3 rings (SSSR count). The molecule has 0 saturated heterocycles. The highest BCUT2D eigenvalue weighted by atomic mass is 16.6. The number of hydrogen-bond donors (Lipinski definition) is 0. The molecule has 11 nitrogen and oxygen atoms in total. The normalized spacial score (nSPS) is 11.6. The molecule has 3 aromatic rings. The second kappa shape index (κ2) is 31.3. The van der Waals surface area contributed by atoms with E-state index in [1.54, 1.807) is 6.08 Å². The molecule has 53 heavy (non-hydrogen) atoms. The van der Waals surface area contributed by atoms with E-state index in [4.69, 9.17) is 52.1 Å². The first kappa shape index (κ1) is 44.4. The van der Waals surface area contributed by atoms with Gasteiger partial charge in [0, 0.05) is 0 Å². The summed E-state index contributed by atoms with van der Waals surface area (Å²) in [6.07, 6.45) is 1.71. The standard InChI is InChI=1S/C42H60O11/c1-2-18-43-19-20-44-21-22-45-23-24-46-25-26-47-27-28-48-29-30-49-31-32-50-33-34-51-35-36-52-37-38-53-42(39-12-6-3-7-13-39,40-14-8-4-9-15-40)41-16-10-5-11-17-41/h2-17H,1,18-38H2. The molecular weight excluding hydrogens is 680 g/mol. The van der Waals surface area contributed by atoms with Crippen molar-refractivity contribution >= 4 is 0 Å². The van der Waals surface area contributed by atoms with Crippen LogP contribution >= 0.6 is 0 Å². The molecular formula is C42H60O11. The molecule has 0 N–H and O–H groups in total. The van der Waals surface area contributed by atoms with Crippen LogP contribution in [0.1, 0.15) is 16.7 Å². The first-order valence-corrected chi connectivity index (χ1v) is 18.6. The summed E-state index contributed by atoms with van der Waals surface area (Å²) in [5.41, 5.74) is 2.45. The fourth-order valence-corrected chi connectivity index (χ4v) is 5.17. The highest BCUT2D eigenvalue weighted by Gasteiger charge is 2.37. The second-order valence-electron chi connectivity index (χ2n) is 11.5. The highest BCUT2D eigenvalue weighted by Crippen LogP contribution is 2.40. The molecule has 0 saturated carbocycles. The van der Waals surface area contributed by atoms with Crippen molar-refractivity contribution < 1.29 is 52.1 Å². The molecule has 11 heteroatoms. The molecule has 0 unspecified atom stereocenters. The van der Waals surface area contributed by atoms with Gasteiger partial charge in [-0.25, -0.2) is 0 Å². The Morgan fingerprint density at radius 3 is 0.792 bits per heavy atom. The molecule has 294 valence electrons. The summed E-state index contributed by atoms with van der Waals surface area (Å²) in [4.78, 5) is 0. The van der Waals surface area contributed by atoms with Gasteiger partial charge in [0.05, 0.1) is 139 Å². The van der Waals surface area contributed by atoms with E-state index in [1.807, 2.05) is 54.6 Å². The molecule has 0 bridgehead atoms. The zero-order valence-electron chi connectivity index (χ0n) is 31.3. The fraction of sp³-hybridized carbons (Fsp3) is 0.524. The minimum atomic E-state index is -0.751. The summed E-state index contributed by atoms with van der Waals surface area (Å²) in [5.74, 6) is 0. The Kier molecular flexibility index (Phi) is 26.2. The molecule has 0 aromatic heterocycles. The summed E-state index contributed by atoms with van der Waals surface area (Å²) in [6, 6.07) is 31.0. The lowest BCUT2D eigenvalue weighted by atomic mass is 9.80. The minimum absolute atomic E-state index is 0.416. The summed E-state index contributed by atoms with van der Waals surface area (Å²) in [7, 11) is 0. The molecule has 0 aliphatic carbocycles. The van der Waals surface area contributed by atoms with Gasteiger partial charge in [-0.3, -0.25) is 0 Å². The number of hydrogen-bond acceptors (Lipinski definition) is 11. The Labute approximate surface area is 316 Å². The Morgan fingerprint density at radius 2 is 0.547 bits per heavy atom. The maximum Gasteiger partial charge on any atom is 0.143 e. The van der Waals surface area contributed by atoms with E-state index >= 15 is 0 Å². The lowest BCUT2D eigenvalue weighted by molar-refractivity contribution is -0.0399. The van der Waals surface area contributed by atoms with Gasteiger partial charge >= 0.3 is 0 Å². The quantitative estimate of drug-likeness (QED) is 0.0439. The lowest BCUT2D eigenvalue weighted by Gasteiger charge is -2.36. The van der Waals surface area contributed by atoms with Gasteiger partial charge in [-0.05, 0) is 16.7 Å². The molecule has 3 aromatic carbocycles. The van der Waals surface area contributed by atoms with Gasteiger partial charge in [0.25, 0.3) is 0 Å². The predicted molar refractivity (Wildman–Crippen MR) is 204 cm³/mol. The third kappa shape index (κ3) is 19.7. The van der Waals surface area contributed by atoms with Crippen LogP contribution in [-0.4, -0.2) is 139 Å². The first-order chi connectivity index (χ1) is 26.4. The summed E-state index contributed by atoms with van der Waals surface area (Å²) >= 11 is 0. The topological polar surface area (TPSA) is 102 Å². The maximum absolute atomic E-state index is 6.73. The van der Waals surface area contributed by atoms with E-state index in [0.29, 0.717) is 139 Å². The zero-order chi connectivity index (χ0) is 37.2. The van der Waals surface area contributed by atoms with Crippen molar-refractivity contribution in [3.63, 3.8) is 0 Å². The summed E-state index contributed by atoms with van der Waals surface area (Å²) in [5, 5.41) is 0. The minimum Gasteiger partial charge on any atom is -0.377 e. The van der Waals surface area contributed by atoms with Crippen LogP contribution in [0.25, 0.3) is 0 Å². The summed E-state index contributed by atoms with van der Waals surface area (Å²) < 4.78 is 61.9. The molecule has 0 spiro atoms. The van der Waals surface area contributed by atoms with Crippen LogP contribution in [0, 0.1) is 0 Å². The molecule has 0 radical (unpaired) electrons. The van der Waals surface area contributed by atoms with Gasteiger partial charge in [-0.2, -0.15) is 0 Å². The highest BCUT2D eigenvalue weighted by molar-refractivity contribution is 5.47. The predicted octanol–water partition coefficient (Wildman–Crippen LogP) is 5.35. The van der Waals surface area contributed by atoms with Crippen molar-refractivity contribution in [2.75, 3.05) is 139 Å². The average molecular weight is 741 g/mol. The van der Waals surface area contributed by atoms with Gasteiger partial charge in [0.15, 0.2) is 0 Å².